The Morgan fingerprint density at radius 2 is 1.84 bits per heavy atom. The molecule has 0 radical (unpaired) electrons. The van der Waals surface area contributed by atoms with Gasteiger partial charge in [-0.15, -0.1) is 11.3 Å². The first kappa shape index (κ1) is 21.8. The standard InChI is InChI=1S/C25H23N3O3S/c1-17-8-9-21(18(2)14-17)28-24(30)22(15-19-6-4-3-5-7-19)32-25(28)20(16-26)23(29)27-10-12-31-13-11-27/h3-9,14-15H,10-13H2,1-2H3/b22-15+,25-20-. The Morgan fingerprint density at radius 1 is 1.12 bits per heavy atom. The summed E-state index contributed by atoms with van der Waals surface area (Å²) in [6.45, 7) is 5.63. The van der Waals surface area contributed by atoms with Gasteiger partial charge in [0.05, 0.1) is 23.4 Å². The summed E-state index contributed by atoms with van der Waals surface area (Å²) in [6, 6.07) is 17.4. The van der Waals surface area contributed by atoms with Crippen molar-refractivity contribution in [2.75, 3.05) is 26.3 Å². The summed E-state index contributed by atoms with van der Waals surface area (Å²) in [7, 11) is 0. The molecule has 162 valence electrons. The van der Waals surface area contributed by atoms with E-state index >= 15 is 0 Å². The highest BCUT2D eigenvalue weighted by Gasteiger charge is 2.24. The molecule has 0 bridgehead atoms. The number of nitriles is 1. The van der Waals surface area contributed by atoms with E-state index in [0.29, 0.717) is 41.2 Å². The summed E-state index contributed by atoms with van der Waals surface area (Å²) in [4.78, 5) is 28.4. The molecule has 0 saturated carbocycles. The van der Waals surface area contributed by atoms with Crippen LogP contribution in [0.2, 0.25) is 0 Å². The fourth-order valence-electron chi connectivity index (χ4n) is 3.74. The van der Waals surface area contributed by atoms with E-state index in [4.69, 9.17) is 4.74 Å². The molecular weight excluding hydrogens is 422 g/mol. The van der Waals surface area contributed by atoms with Crippen molar-refractivity contribution >= 4 is 28.9 Å². The maximum absolute atomic E-state index is 13.5. The van der Waals surface area contributed by atoms with Gasteiger partial charge in [0.25, 0.3) is 11.5 Å². The van der Waals surface area contributed by atoms with Gasteiger partial charge in [-0.2, -0.15) is 5.26 Å². The average molecular weight is 446 g/mol. The smallest absolute Gasteiger partial charge is 0.273 e. The van der Waals surface area contributed by atoms with Gasteiger partial charge in [0.2, 0.25) is 0 Å². The molecular formula is C25H23N3O3S. The molecule has 0 aliphatic carbocycles. The fraction of sp³-hybridized carbons (Fsp3) is 0.240. The van der Waals surface area contributed by atoms with Crippen LogP contribution >= 0.6 is 11.3 Å². The summed E-state index contributed by atoms with van der Waals surface area (Å²) < 4.78 is 7.66. The van der Waals surface area contributed by atoms with Crippen LogP contribution in [0, 0.1) is 25.2 Å². The third-order valence-electron chi connectivity index (χ3n) is 5.35. The molecule has 1 aliphatic heterocycles. The maximum atomic E-state index is 13.5. The van der Waals surface area contributed by atoms with Gasteiger partial charge in [-0.1, -0.05) is 48.0 Å². The van der Waals surface area contributed by atoms with Gasteiger partial charge >= 0.3 is 0 Å². The summed E-state index contributed by atoms with van der Waals surface area (Å²) >= 11 is 1.17. The minimum atomic E-state index is -0.373. The van der Waals surface area contributed by atoms with Crippen LogP contribution in [0.4, 0.5) is 0 Å². The van der Waals surface area contributed by atoms with E-state index in [0.717, 1.165) is 16.7 Å². The highest BCUT2D eigenvalue weighted by molar-refractivity contribution is 7.07. The van der Waals surface area contributed by atoms with Crippen LogP contribution in [0.25, 0.3) is 17.3 Å². The molecule has 7 heteroatoms. The third kappa shape index (κ3) is 4.28. The molecule has 1 amide bonds. The number of carbonyl (C=O) groups is 1. The molecule has 6 nitrogen and oxygen atoms in total. The number of rotatable bonds is 3. The number of carbonyl (C=O) groups excluding carboxylic acids is 1. The molecule has 1 aromatic heterocycles. The molecule has 0 spiro atoms. The lowest BCUT2D eigenvalue weighted by Gasteiger charge is -2.26. The van der Waals surface area contributed by atoms with Crippen LogP contribution in [0.1, 0.15) is 16.7 Å². The zero-order valence-corrected chi connectivity index (χ0v) is 18.8. The molecule has 1 saturated heterocycles. The monoisotopic (exact) mass is 445 g/mol. The minimum absolute atomic E-state index is 0.0262. The molecule has 32 heavy (non-hydrogen) atoms. The highest BCUT2D eigenvalue weighted by Crippen LogP contribution is 2.14. The van der Waals surface area contributed by atoms with Gasteiger partial charge in [0, 0.05) is 13.1 Å². The average Bonchev–Trinajstić information content (AvgIpc) is 3.11. The van der Waals surface area contributed by atoms with Crippen LogP contribution in [0.15, 0.2) is 53.3 Å². The van der Waals surface area contributed by atoms with Gasteiger partial charge in [-0.25, -0.2) is 0 Å². The molecule has 3 aromatic rings. The van der Waals surface area contributed by atoms with E-state index in [9.17, 15) is 14.9 Å². The van der Waals surface area contributed by atoms with Gasteiger partial charge in [0.1, 0.15) is 10.7 Å². The first-order valence-electron chi connectivity index (χ1n) is 10.4. The third-order valence-corrected chi connectivity index (χ3v) is 6.44. The lowest BCUT2D eigenvalue weighted by molar-refractivity contribution is -0.128. The van der Waals surface area contributed by atoms with Crippen molar-refractivity contribution in [1.82, 2.24) is 9.47 Å². The fourth-order valence-corrected chi connectivity index (χ4v) is 4.83. The number of nitrogens with zero attached hydrogens (tertiary/aromatic N) is 3. The zero-order valence-electron chi connectivity index (χ0n) is 18.0. The number of thiazole rings is 1. The van der Waals surface area contributed by atoms with E-state index in [-0.39, 0.29) is 17.0 Å². The number of ether oxygens (including phenoxy) is 1. The second-order valence-electron chi connectivity index (χ2n) is 7.65. The Hall–Kier alpha value is -3.47. The van der Waals surface area contributed by atoms with Crippen molar-refractivity contribution in [3.8, 4) is 11.8 Å². The van der Waals surface area contributed by atoms with Crippen LogP contribution in [-0.2, 0) is 9.53 Å². The number of amides is 1. The molecule has 1 fully saturated rings. The summed E-state index contributed by atoms with van der Waals surface area (Å²) in [6.07, 6.45) is 1.80. The Balaban J connectivity index is 2.02. The topological polar surface area (TPSA) is 75.3 Å². The van der Waals surface area contributed by atoms with E-state index in [1.807, 2.05) is 62.4 Å². The van der Waals surface area contributed by atoms with Crippen molar-refractivity contribution < 1.29 is 9.53 Å². The first-order chi connectivity index (χ1) is 15.5. The number of aryl methyl sites for hydroxylation is 2. The Bertz CT molecular complexity index is 1370. The number of hydrogen-bond donors (Lipinski definition) is 0. The summed E-state index contributed by atoms with van der Waals surface area (Å²) in [5, 5.41) is 9.97. The predicted octanol–water partition coefficient (Wildman–Crippen LogP) is 1.88. The SMILES string of the molecule is Cc1ccc(-n2c(=O)/c(=C\c3ccccc3)s/c2=C(/C#N)C(=O)N2CCOCC2)c(C)c1. The summed E-state index contributed by atoms with van der Waals surface area (Å²) in [5.41, 5.74) is 3.24. The largest absolute Gasteiger partial charge is 0.378 e. The van der Waals surface area contributed by atoms with E-state index < -0.39 is 0 Å². The quantitative estimate of drug-likeness (QED) is 0.617. The van der Waals surface area contributed by atoms with Crippen LogP contribution in [-0.4, -0.2) is 41.7 Å². The number of hydrogen-bond acceptors (Lipinski definition) is 5. The highest BCUT2D eigenvalue weighted by atomic mass is 32.1. The van der Waals surface area contributed by atoms with E-state index in [2.05, 4.69) is 6.07 Å². The number of benzene rings is 2. The number of morpholine rings is 1. The van der Waals surface area contributed by atoms with Crippen LogP contribution in [0.5, 0.6) is 0 Å². The second kappa shape index (κ2) is 9.35. The van der Waals surface area contributed by atoms with Crippen molar-refractivity contribution in [3.63, 3.8) is 0 Å². The van der Waals surface area contributed by atoms with Crippen LogP contribution in [0.3, 0.4) is 0 Å². The minimum Gasteiger partial charge on any atom is -0.378 e. The lowest BCUT2D eigenvalue weighted by atomic mass is 10.1. The molecule has 2 aromatic carbocycles. The molecule has 1 aliphatic rings. The molecule has 2 heterocycles. The van der Waals surface area contributed by atoms with Crippen molar-refractivity contribution in [2.24, 2.45) is 0 Å². The van der Waals surface area contributed by atoms with E-state index in [1.54, 1.807) is 11.0 Å². The zero-order chi connectivity index (χ0) is 22.7. The van der Waals surface area contributed by atoms with Gasteiger partial charge in [0.15, 0.2) is 5.57 Å². The van der Waals surface area contributed by atoms with Gasteiger partial charge in [-0.3, -0.25) is 14.2 Å². The van der Waals surface area contributed by atoms with Gasteiger partial charge < -0.3 is 9.64 Å². The normalized spacial score (nSPS) is 15.4. The molecule has 0 atom stereocenters. The van der Waals surface area contributed by atoms with Crippen molar-refractivity contribution in [3.05, 3.63) is 84.8 Å². The van der Waals surface area contributed by atoms with Crippen molar-refractivity contribution in [2.45, 2.75) is 13.8 Å². The molecule has 4 rings (SSSR count). The van der Waals surface area contributed by atoms with Crippen LogP contribution < -0.4 is 14.8 Å². The maximum Gasteiger partial charge on any atom is 0.273 e. The Kier molecular flexibility index (Phi) is 6.35. The Morgan fingerprint density at radius 3 is 2.50 bits per heavy atom. The van der Waals surface area contributed by atoms with Crippen molar-refractivity contribution in [1.29, 1.82) is 5.26 Å². The molecule has 0 unspecified atom stereocenters. The summed E-state index contributed by atoms with van der Waals surface area (Å²) in [5.74, 6) is -0.373. The first-order valence-corrected chi connectivity index (χ1v) is 11.2. The van der Waals surface area contributed by atoms with Gasteiger partial charge in [-0.05, 0) is 37.1 Å². The number of aromatic nitrogens is 1. The molecule has 0 N–H and O–H groups in total. The lowest BCUT2D eigenvalue weighted by Crippen LogP contribution is -2.42. The second-order valence-corrected chi connectivity index (χ2v) is 8.68. The van der Waals surface area contributed by atoms with E-state index in [1.165, 1.54) is 15.9 Å². The predicted molar refractivity (Wildman–Crippen MR) is 125 cm³/mol. The Labute approximate surface area is 189 Å².